The molecule has 1 aromatic carbocycles. The number of nitrogens with one attached hydrogen (secondary N) is 1. The van der Waals surface area contributed by atoms with Crippen LogP contribution in [0, 0.1) is 5.92 Å². The summed E-state index contributed by atoms with van der Waals surface area (Å²) in [6, 6.07) is 4.70. The van der Waals surface area contributed by atoms with Crippen LogP contribution >= 0.6 is 0 Å². The van der Waals surface area contributed by atoms with Crippen molar-refractivity contribution in [3.63, 3.8) is 0 Å². The maximum Gasteiger partial charge on any atom is 0.340 e. The number of pyridine rings is 1. The van der Waals surface area contributed by atoms with Gasteiger partial charge in [-0.15, -0.1) is 0 Å². The van der Waals surface area contributed by atoms with E-state index in [-0.39, 0.29) is 22.9 Å². The Morgan fingerprint density at radius 3 is 2.84 bits per heavy atom. The second-order valence-electron chi connectivity index (χ2n) is 11.3. The fraction of sp³-hybridized carbons (Fsp3) is 0.536. The lowest BCUT2D eigenvalue weighted by Crippen LogP contribution is -2.78. The van der Waals surface area contributed by atoms with Crippen molar-refractivity contribution in [3.8, 4) is 11.5 Å². The van der Waals surface area contributed by atoms with Gasteiger partial charge in [0, 0.05) is 30.5 Å². The Kier molecular flexibility index (Phi) is 4.92. The third-order valence-corrected chi connectivity index (χ3v) is 9.55. The second kappa shape index (κ2) is 7.91. The van der Waals surface area contributed by atoms with Crippen LogP contribution in [-0.2, 0) is 16.6 Å². The molecule has 194 valence electrons. The van der Waals surface area contributed by atoms with Crippen molar-refractivity contribution < 1.29 is 29.3 Å². The molecule has 3 fully saturated rings. The van der Waals surface area contributed by atoms with E-state index in [0.717, 1.165) is 30.6 Å². The van der Waals surface area contributed by atoms with Crippen LogP contribution in [0.3, 0.4) is 0 Å². The lowest BCUT2D eigenvalue weighted by atomic mass is 9.48. The average Bonchev–Trinajstić information content (AvgIpc) is 3.65. The summed E-state index contributed by atoms with van der Waals surface area (Å²) in [5, 5.41) is 26.4. The molecule has 7 rings (SSSR count). The largest absolute Gasteiger partial charge is 0.504 e. The molecule has 1 spiro atoms. The monoisotopic (exact) mass is 505 g/mol. The van der Waals surface area contributed by atoms with Gasteiger partial charge in [-0.25, -0.2) is 4.79 Å². The number of piperidine rings is 1. The molecule has 2 saturated carbocycles. The molecule has 37 heavy (non-hydrogen) atoms. The summed E-state index contributed by atoms with van der Waals surface area (Å²) in [5.74, 6) is 0.167. The summed E-state index contributed by atoms with van der Waals surface area (Å²) >= 11 is 0. The fourth-order valence-corrected chi connectivity index (χ4v) is 7.74. The molecule has 9 heteroatoms. The molecule has 3 heterocycles. The van der Waals surface area contributed by atoms with Crippen LogP contribution in [0.4, 0.5) is 0 Å². The maximum absolute atomic E-state index is 13.5. The highest BCUT2D eigenvalue weighted by Crippen LogP contribution is 2.65. The van der Waals surface area contributed by atoms with Crippen LogP contribution in [0.15, 0.2) is 30.6 Å². The van der Waals surface area contributed by atoms with Crippen molar-refractivity contribution in [3.05, 3.63) is 52.8 Å². The van der Waals surface area contributed by atoms with E-state index < -0.39 is 35.0 Å². The van der Waals surface area contributed by atoms with Gasteiger partial charge < -0.3 is 25.0 Å². The number of rotatable bonds is 5. The van der Waals surface area contributed by atoms with Crippen molar-refractivity contribution in [1.82, 2.24) is 15.2 Å². The lowest BCUT2D eigenvalue weighted by molar-refractivity contribution is -0.191. The van der Waals surface area contributed by atoms with E-state index in [9.17, 15) is 19.8 Å². The number of hydrogen-bond donors (Lipinski definition) is 3. The van der Waals surface area contributed by atoms with Crippen molar-refractivity contribution in [2.75, 3.05) is 20.2 Å². The molecule has 1 saturated heterocycles. The molecular weight excluding hydrogens is 474 g/mol. The molecule has 3 N–H and O–H groups in total. The van der Waals surface area contributed by atoms with Gasteiger partial charge in [0.25, 0.3) is 5.91 Å². The number of benzene rings is 1. The average molecular weight is 506 g/mol. The fourth-order valence-electron chi connectivity index (χ4n) is 7.74. The highest BCUT2D eigenvalue weighted by atomic mass is 16.5. The molecule has 0 unspecified atom stereocenters. The van der Waals surface area contributed by atoms with Crippen molar-refractivity contribution in [2.45, 2.75) is 67.7 Å². The first-order valence-corrected chi connectivity index (χ1v) is 13.2. The van der Waals surface area contributed by atoms with Crippen LogP contribution < -0.4 is 10.1 Å². The summed E-state index contributed by atoms with van der Waals surface area (Å²) < 4.78 is 11.3. The van der Waals surface area contributed by atoms with Crippen molar-refractivity contribution >= 4 is 11.9 Å². The van der Waals surface area contributed by atoms with Gasteiger partial charge in [-0.3, -0.25) is 14.7 Å². The van der Waals surface area contributed by atoms with Gasteiger partial charge in [0.05, 0.1) is 35.3 Å². The molecular formula is C28H31N3O6. The number of phenols is 1. The van der Waals surface area contributed by atoms with Crippen LogP contribution in [-0.4, -0.2) is 76.0 Å². The van der Waals surface area contributed by atoms with E-state index in [1.807, 2.05) is 6.07 Å². The maximum atomic E-state index is 13.5. The van der Waals surface area contributed by atoms with E-state index >= 15 is 0 Å². The van der Waals surface area contributed by atoms with Crippen molar-refractivity contribution in [1.29, 1.82) is 0 Å². The number of hydrogen-bond acceptors (Lipinski definition) is 8. The summed E-state index contributed by atoms with van der Waals surface area (Å²) in [6.07, 6.45) is 7.21. The predicted octanol–water partition coefficient (Wildman–Crippen LogP) is 1.94. The zero-order valence-electron chi connectivity index (χ0n) is 20.8. The Bertz CT molecular complexity index is 1310. The summed E-state index contributed by atoms with van der Waals surface area (Å²) in [6.45, 7) is 1.85. The standard InChI is InChI=1S/C28H31N3O6/c1-36-26(34)18-13-29-10-7-17(18)25(33)30-19-6-8-28(35)21-12-16-4-5-20(32)23-22(16)27(28,24(19)37-23)9-11-31(21)14-15-2-3-15/h4-5,7,10,13,15,19,21,24,32,35H,2-3,6,8-9,11-12,14H2,1H3,(H,30,33)/t19-,21-,24+,27+,28-/m1/s1. The Morgan fingerprint density at radius 2 is 2.05 bits per heavy atom. The van der Waals surface area contributed by atoms with Crippen LogP contribution in [0.2, 0.25) is 0 Å². The number of carbonyl (C=O) groups excluding carboxylic acids is 2. The van der Waals surface area contributed by atoms with E-state index in [0.29, 0.717) is 30.9 Å². The number of aliphatic hydroxyl groups is 1. The van der Waals surface area contributed by atoms with Gasteiger partial charge in [-0.2, -0.15) is 0 Å². The van der Waals surface area contributed by atoms with Gasteiger partial charge in [0.1, 0.15) is 6.10 Å². The normalized spacial score (nSPS) is 33.3. The highest BCUT2D eigenvalue weighted by Gasteiger charge is 2.73. The molecule has 2 aromatic rings. The minimum atomic E-state index is -1.02. The third-order valence-electron chi connectivity index (χ3n) is 9.55. The van der Waals surface area contributed by atoms with E-state index in [4.69, 9.17) is 9.47 Å². The van der Waals surface area contributed by atoms with E-state index in [1.54, 1.807) is 6.07 Å². The minimum Gasteiger partial charge on any atom is -0.504 e. The Morgan fingerprint density at radius 1 is 1.22 bits per heavy atom. The van der Waals surface area contributed by atoms with Gasteiger partial charge in [-0.1, -0.05) is 6.07 Å². The number of nitrogens with zero attached hydrogens (tertiary/aromatic N) is 2. The number of aromatic nitrogens is 1. The number of likely N-dealkylation sites (tertiary alicyclic amines) is 1. The van der Waals surface area contributed by atoms with Gasteiger partial charge >= 0.3 is 5.97 Å². The summed E-state index contributed by atoms with van der Waals surface area (Å²) in [4.78, 5) is 32.2. The van der Waals surface area contributed by atoms with Crippen molar-refractivity contribution in [2.24, 2.45) is 5.92 Å². The molecule has 2 aliphatic heterocycles. The number of carbonyl (C=O) groups is 2. The number of amides is 1. The Balaban J connectivity index is 1.27. The topological polar surface area (TPSA) is 121 Å². The number of ether oxygens (including phenoxy) is 2. The molecule has 1 aromatic heterocycles. The third kappa shape index (κ3) is 3.07. The summed E-state index contributed by atoms with van der Waals surface area (Å²) in [7, 11) is 1.26. The molecule has 0 radical (unpaired) electrons. The second-order valence-corrected chi connectivity index (χ2v) is 11.3. The quantitative estimate of drug-likeness (QED) is 0.528. The van der Waals surface area contributed by atoms with Gasteiger partial charge in [-0.05, 0) is 68.7 Å². The number of aromatic hydroxyl groups is 1. The predicted molar refractivity (Wildman–Crippen MR) is 132 cm³/mol. The van der Waals surface area contributed by atoms with Crippen LogP contribution in [0.5, 0.6) is 11.5 Å². The highest BCUT2D eigenvalue weighted by molar-refractivity contribution is 6.05. The minimum absolute atomic E-state index is 0.0290. The molecule has 5 atom stereocenters. The zero-order valence-corrected chi connectivity index (χ0v) is 20.8. The van der Waals surface area contributed by atoms with Crippen LogP contribution in [0.25, 0.3) is 0 Å². The number of phenolic OH excluding ortho intramolecular Hbond substituents is 1. The molecule has 1 amide bonds. The first kappa shape index (κ1) is 23.0. The Hall–Kier alpha value is -3.17. The first-order chi connectivity index (χ1) is 17.9. The SMILES string of the molecule is COC(=O)c1cnccc1C(=O)N[C@@H]1CC[C@@]2(O)[C@H]3Cc4ccc(O)c5c4[C@@]2(CCN3CC2CC2)[C@H]1O5. The first-order valence-electron chi connectivity index (χ1n) is 13.2. The zero-order chi connectivity index (χ0) is 25.5. The number of methoxy groups -OCH3 is 1. The Labute approximate surface area is 214 Å². The van der Waals surface area contributed by atoms with E-state index in [1.165, 1.54) is 38.4 Å². The molecule has 5 aliphatic rings. The van der Waals surface area contributed by atoms with Gasteiger partial charge in [0.2, 0.25) is 0 Å². The molecule has 3 aliphatic carbocycles. The summed E-state index contributed by atoms with van der Waals surface area (Å²) in [5.41, 5.74) is 0.555. The number of esters is 1. The lowest BCUT2D eigenvalue weighted by Gasteiger charge is -2.64. The smallest absolute Gasteiger partial charge is 0.340 e. The van der Waals surface area contributed by atoms with E-state index in [2.05, 4.69) is 15.2 Å². The molecule has 9 nitrogen and oxygen atoms in total. The van der Waals surface area contributed by atoms with Gasteiger partial charge in [0.15, 0.2) is 11.5 Å². The molecule has 2 bridgehead atoms. The van der Waals surface area contributed by atoms with Crippen LogP contribution in [0.1, 0.15) is 63.9 Å².